The minimum atomic E-state index is -3.64. The van der Waals surface area contributed by atoms with Gasteiger partial charge in [0, 0.05) is 12.6 Å². The summed E-state index contributed by atoms with van der Waals surface area (Å²) in [7, 11) is -0.665. The first-order chi connectivity index (χ1) is 12.8. The molecule has 27 heavy (non-hydrogen) atoms. The SMILES string of the molecule is CCCC[C@H](CC)CNC(=O)CN(c1ccc(OC)c(OC)c1)S(C)(=O)=O. The van der Waals surface area contributed by atoms with Crippen molar-refractivity contribution in [2.45, 2.75) is 39.5 Å². The van der Waals surface area contributed by atoms with Crippen LogP contribution in [0.15, 0.2) is 18.2 Å². The maximum Gasteiger partial charge on any atom is 0.240 e. The molecule has 1 rings (SSSR count). The number of carbonyl (C=O) groups excluding carboxylic acids is 1. The van der Waals surface area contributed by atoms with Crippen molar-refractivity contribution in [2.24, 2.45) is 5.92 Å². The van der Waals surface area contributed by atoms with Crippen LogP contribution in [0.3, 0.4) is 0 Å². The second-order valence-corrected chi connectivity index (χ2v) is 8.44. The zero-order chi connectivity index (χ0) is 20.4. The van der Waals surface area contributed by atoms with Crippen molar-refractivity contribution in [2.75, 3.05) is 37.9 Å². The summed E-state index contributed by atoms with van der Waals surface area (Å²) in [6.45, 7) is 4.51. The number of hydrogen-bond donors (Lipinski definition) is 1. The molecule has 0 saturated heterocycles. The van der Waals surface area contributed by atoms with Crippen molar-refractivity contribution in [1.29, 1.82) is 0 Å². The van der Waals surface area contributed by atoms with Gasteiger partial charge in [0.1, 0.15) is 6.54 Å². The smallest absolute Gasteiger partial charge is 0.240 e. The molecule has 154 valence electrons. The first-order valence-electron chi connectivity index (χ1n) is 9.23. The van der Waals surface area contributed by atoms with E-state index in [2.05, 4.69) is 19.2 Å². The fourth-order valence-corrected chi connectivity index (χ4v) is 3.62. The molecule has 0 unspecified atom stereocenters. The van der Waals surface area contributed by atoms with E-state index in [1.165, 1.54) is 14.2 Å². The van der Waals surface area contributed by atoms with Crippen LogP contribution in [0.1, 0.15) is 39.5 Å². The number of amides is 1. The van der Waals surface area contributed by atoms with Crippen LogP contribution in [0.25, 0.3) is 0 Å². The molecule has 1 amide bonds. The Balaban J connectivity index is 2.89. The van der Waals surface area contributed by atoms with Gasteiger partial charge in [0.25, 0.3) is 0 Å². The third kappa shape index (κ3) is 7.28. The van der Waals surface area contributed by atoms with Gasteiger partial charge in [0.2, 0.25) is 15.9 Å². The molecular weight excluding hydrogens is 368 g/mol. The fraction of sp³-hybridized carbons (Fsp3) is 0.632. The fourth-order valence-electron chi connectivity index (χ4n) is 2.77. The van der Waals surface area contributed by atoms with E-state index < -0.39 is 10.0 Å². The maximum absolute atomic E-state index is 12.4. The van der Waals surface area contributed by atoms with E-state index in [1.807, 2.05) is 0 Å². The number of methoxy groups -OCH3 is 2. The number of nitrogens with zero attached hydrogens (tertiary/aromatic N) is 1. The zero-order valence-corrected chi connectivity index (χ0v) is 17.8. The Bertz CT molecular complexity index is 706. The number of rotatable bonds is 12. The number of benzene rings is 1. The minimum absolute atomic E-state index is 0.279. The van der Waals surface area contributed by atoms with Crippen LogP contribution in [0.4, 0.5) is 5.69 Å². The van der Waals surface area contributed by atoms with Crippen molar-refractivity contribution in [3.63, 3.8) is 0 Å². The van der Waals surface area contributed by atoms with Crippen LogP contribution in [-0.2, 0) is 14.8 Å². The first kappa shape index (κ1) is 23.1. The van der Waals surface area contributed by atoms with Gasteiger partial charge in [0.05, 0.1) is 26.2 Å². The van der Waals surface area contributed by atoms with Crippen LogP contribution in [-0.4, -0.2) is 47.9 Å². The molecule has 7 nitrogen and oxygen atoms in total. The number of unbranched alkanes of at least 4 members (excludes halogenated alkanes) is 1. The van der Waals surface area contributed by atoms with E-state index in [4.69, 9.17) is 9.47 Å². The lowest BCUT2D eigenvalue weighted by atomic mass is 9.99. The van der Waals surface area contributed by atoms with Crippen molar-refractivity contribution < 1.29 is 22.7 Å². The molecular formula is C19H32N2O5S. The lowest BCUT2D eigenvalue weighted by Gasteiger charge is -2.23. The van der Waals surface area contributed by atoms with Crippen LogP contribution < -0.4 is 19.1 Å². The lowest BCUT2D eigenvalue weighted by molar-refractivity contribution is -0.119. The molecule has 0 radical (unpaired) electrons. The Hall–Kier alpha value is -1.96. The van der Waals surface area contributed by atoms with Gasteiger partial charge in [-0.15, -0.1) is 0 Å². The van der Waals surface area contributed by atoms with E-state index in [-0.39, 0.29) is 12.5 Å². The van der Waals surface area contributed by atoms with Gasteiger partial charge >= 0.3 is 0 Å². The predicted octanol–water partition coefficient (Wildman–Crippen LogP) is 2.80. The Morgan fingerprint density at radius 2 is 1.85 bits per heavy atom. The number of hydrogen-bond acceptors (Lipinski definition) is 5. The number of sulfonamides is 1. The summed E-state index contributed by atoms with van der Waals surface area (Å²) in [5.41, 5.74) is 0.350. The highest BCUT2D eigenvalue weighted by Gasteiger charge is 2.22. The standard InChI is InChI=1S/C19H32N2O5S/c1-6-8-9-15(7-2)13-20-19(22)14-21(27(5,23)24)16-10-11-17(25-3)18(12-16)26-4/h10-12,15H,6-9,13-14H2,1-5H3,(H,20,22)/t15-/m0/s1. The molecule has 1 aromatic rings. The molecule has 0 saturated carbocycles. The van der Waals surface area contributed by atoms with E-state index in [1.54, 1.807) is 18.2 Å². The first-order valence-corrected chi connectivity index (χ1v) is 11.1. The summed E-state index contributed by atoms with van der Waals surface area (Å²) in [5.74, 6) is 0.961. The molecule has 1 aromatic carbocycles. The van der Waals surface area contributed by atoms with Gasteiger partial charge in [-0.25, -0.2) is 8.42 Å². The van der Waals surface area contributed by atoms with Crippen molar-refractivity contribution >= 4 is 21.6 Å². The van der Waals surface area contributed by atoms with Gasteiger partial charge < -0.3 is 14.8 Å². The van der Waals surface area contributed by atoms with Gasteiger partial charge in [-0.3, -0.25) is 9.10 Å². The van der Waals surface area contributed by atoms with E-state index in [9.17, 15) is 13.2 Å². The highest BCUT2D eigenvalue weighted by atomic mass is 32.2. The Morgan fingerprint density at radius 3 is 2.37 bits per heavy atom. The Kier molecular flexibility index (Phi) is 9.41. The summed E-state index contributed by atoms with van der Waals surface area (Å²) in [5, 5.41) is 2.87. The molecule has 0 aliphatic heterocycles. The minimum Gasteiger partial charge on any atom is -0.493 e. The van der Waals surface area contributed by atoms with E-state index in [0.29, 0.717) is 29.6 Å². The summed E-state index contributed by atoms with van der Waals surface area (Å²) in [4.78, 5) is 12.4. The topological polar surface area (TPSA) is 84.9 Å². The van der Waals surface area contributed by atoms with Gasteiger partial charge in [-0.1, -0.05) is 33.1 Å². The highest BCUT2D eigenvalue weighted by molar-refractivity contribution is 7.92. The van der Waals surface area contributed by atoms with Gasteiger partial charge in [0.15, 0.2) is 11.5 Å². The molecule has 8 heteroatoms. The Labute approximate surface area is 163 Å². The van der Waals surface area contributed by atoms with Gasteiger partial charge in [-0.05, 0) is 24.5 Å². The summed E-state index contributed by atoms with van der Waals surface area (Å²) in [6.07, 6.45) is 5.35. The highest BCUT2D eigenvalue weighted by Crippen LogP contribution is 2.32. The van der Waals surface area contributed by atoms with Crippen LogP contribution in [0.5, 0.6) is 11.5 Å². The molecule has 1 atom stereocenters. The average Bonchev–Trinajstić information content (AvgIpc) is 2.64. The number of anilines is 1. The zero-order valence-electron chi connectivity index (χ0n) is 16.9. The molecule has 0 aliphatic carbocycles. The molecule has 1 N–H and O–H groups in total. The van der Waals surface area contributed by atoms with Crippen LogP contribution >= 0.6 is 0 Å². The van der Waals surface area contributed by atoms with Crippen molar-refractivity contribution in [3.8, 4) is 11.5 Å². The molecule has 0 aromatic heterocycles. The number of carbonyl (C=O) groups is 1. The maximum atomic E-state index is 12.4. The molecule has 0 aliphatic rings. The van der Waals surface area contributed by atoms with E-state index >= 15 is 0 Å². The largest absolute Gasteiger partial charge is 0.493 e. The summed E-state index contributed by atoms with van der Waals surface area (Å²) >= 11 is 0. The second-order valence-electron chi connectivity index (χ2n) is 6.53. The normalized spacial score (nSPS) is 12.3. The summed E-state index contributed by atoms with van der Waals surface area (Å²) < 4.78 is 35.9. The second kappa shape index (κ2) is 11.0. The van der Waals surface area contributed by atoms with E-state index in [0.717, 1.165) is 36.2 Å². The quantitative estimate of drug-likeness (QED) is 0.583. The monoisotopic (exact) mass is 400 g/mol. The Morgan fingerprint density at radius 1 is 1.19 bits per heavy atom. The molecule has 0 spiro atoms. The third-order valence-electron chi connectivity index (χ3n) is 4.47. The summed E-state index contributed by atoms with van der Waals surface area (Å²) in [6, 6.07) is 4.75. The van der Waals surface area contributed by atoms with Crippen LogP contribution in [0.2, 0.25) is 0 Å². The van der Waals surface area contributed by atoms with Crippen molar-refractivity contribution in [1.82, 2.24) is 5.32 Å². The average molecular weight is 401 g/mol. The number of nitrogens with one attached hydrogen (secondary N) is 1. The third-order valence-corrected chi connectivity index (χ3v) is 5.61. The van der Waals surface area contributed by atoms with Gasteiger partial charge in [-0.2, -0.15) is 0 Å². The lowest BCUT2D eigenvalue weighted by Crippen LogP contribution is -2.41. The van der Waals surface area contributed by atoms with Crippen LogP contribution in [0, 0.1) is 5.92 Å². The molecule has 0 fully saturated rings. The van der Waals surface area contributed by atoms with Crippen molar-refractivity contribution in [3.05, 3.63) is 18.2 Å². The number of ether oxygens (including phenoxy) is 2. The predicted molar refractivity (Wildman–Crippen MR) is 108 cm³/mol. The molecule has 0 bridgehead atoms. The molecule has 0 heterocycles.